The number of carbonyl (C=O) groups excluding carboxylic acids is 1. The van der Waals surface area contributed by atoms with Crippen LogP contribution >= 0.6 is 23.2 Å². The smallest absolute Gasteiger partial charge is 0.256 e. The monoisotopic (exact) mass is 347 g/mol. The molecule has 1 heterocycles. The summed E-state index contributed by atoms with van der Waals surface area (Å²) in [4.78, 5) is 12.1. The zero-order valence-corrected chi connectivity index (χ0v) is 14.2. The molecule has 5 heteroatoms. The number of fused-ring (bicyclic) bond motifs is 1. The van der Waals surface area contributed by atoms with Gasteiger partial charge in [0.2, 0.25) is 0 Å². The number of carbonyl (C=O) groups is 1. The zero-order chi connectivity index (χ0) is 16.6. The van der Waals surface area contributed by atoms with Gasteiger partial charge in [-0.3, -0.25) is 4.79 Å². The van der Waals surface area contributed by atoms with Gasteiger partial charge in [0.05, 0.1) is 16.1 Å². The number of ether oxygens (including phenoxy) is 1. The van der Waals surface area contributed by atoms with Crippen LogP contribution in [-0.4, -0.2) is 12.0 Å². The molecular weight excluding hydrogens is 333 g/mol. The number of nitrogens with one attached hydrogen (secondary N) is 1. The summed E-state index contributed by atoms with van der Waals surface area (Å²) < 4.78 is 5.61. The summed E-state index contributed by atoms with van der Waals surface area (Å²) in [7, 11) is 0. The van der Waals surface area contributed by atoms with Crippen LogP contribution in [0.3, 0.4) is 0 Å². The molecule has 1 N–H and O–H groups in total. The molecule has 2 aromatic rings. The Morgan fingerprint density at radius 3 is 2.43 bits per heavy atom. The molecule has 2 aromatic carbocycles. The SMILES string of the molecule is CC(C)Oc1c(Cl)cc(/C=C2\C(=O)Nc3ccccc32)cc1Cl. The normalized spacial score (nSPS) is 15.0. The van der Waals surface area contributed by atoms with Crippen LogP contribution in [0.4, 0.5) is 5.69 Å². The molecule has 3 rings (SSSR count). The molecule has 0 atom stereocenters. The third kappa shape index (κ3) is 3.21. The fraction of sp³-hybridized carbons (Fsp3) is 0.167. The number of hydrogen-bond acceptors (Lipinski definition) is 2. The maximum Gasteiger partial charge on any atom is 0.256 e. The van der Waals surface area contributed by atoms with Crippen molar-refractivity contribution in [3.63, 3.8) is 0 Å². The molecule has 0 saturated heterocycles. The van der Waals surface area contributed by atoms with Gasteiger partial charge in [-0.1, -0.05) is 41.4 Å². The molecule has 1 aliphatic heterocycles. The molecule has 118 valence electrons. The van der Waals surface area contributed by atoms with E-state index in [1.807, 2.05) is 38.1 Å². The minimum Gasteiger partial charge on any atom is -0.488 e. The lowest BCUT2D eigenvalue weighted by atomic mass is 10.0. The van der Waals surface area contributed by atoms with Crippen molar-refractivity contribution in [2.45, 2.75) is 20.0 Å². The molecule has 0 radical (unpaired) electrons. The Hall–Kier alpha value is -1.97. The number of anilines is 1. The van der Waals surface area contributed by atoms with Gasteiger partial charge in [0.1, 0.15) is 0 Å². The highest BCUT2D eigenvalue weighted by molar-refractivity contribution is 6.38. The average Bonchev–Trinajstić information content (AvgIpc) is 2.79. The first-order valence-electron chi connectivity index (χ1n) is 7.24. The lowest BCUT2D eigenvalue weighted by molar-refractivity contribution is -0.110. The molecular formula is C18H15Cl2NO2. The summed E-state index contributed by atoms with van der Waals surface area (Å²) in [6, 6.07) is 11.0. The predicted octanol–water partition coefficient (Wildman–Crippen LogP) is 5.27. The Morgan fingerprint density at radius 2 is 1.78 bits per heavy atom. The van der Waals surface area contributed by atoms with Crippen LogP contribution in [0.15, 0.2) is 36.4 Å². The van der Waals surface area contributed by atoms with Gasteiger partial charge >= 0.3 is 0 Å². The van der Waals surface area contributed by atoms with Crippen LogP contribution in [0, 0.1) is 0 Å². The fourth-order valence-corrected chi connectivity index (χ4v) is 3.05. The van der Waals surface area contributed by atoms with E-state index in [4.69, 9.17) is 27.9 Å². The van der Waals surface area contributed by atoms with Crippen molar-refractivity contribution in [2.24, 2.45) is 0 Å². The van der Waals surface area contributed by atoms with E-state index in [1.54, 1.807) is 18.2 Å². The van der Waals surface area contributed by atoms with Crippen LogP contribution in [0.1, 0.15) is 25.0 Å². The van der Waals surface area contributed by atoms with Crippen molar-refractivity contribution in [2.75, 3.05) is 5.32 Å². The van der Waals surface area contributed by atoms with E-state index < -0.39 is 0 Å². The molecule has 23 heavy (non-hydrogen) atoms. The average molecular weight is 348 g/mol. The highest BCUT2D eigenvalue weighted by Crippen LogP contribution is 2.37. The van der Waals surface area contributed by atoms with E-state index in [2.05, 4.69) is 5.32 Å². The van der Waals surface area contributed by atoms with Crippen molar-refractivity contribution in [3.8, 4) is 5.75 Å². The molecule has 0 bridgehead atoms. The molecule has 0 aliphatic carbocycles. The van der Waals surface area contributed by atoms with E-state index in [1.165, 1.54) is 0 Å². The molecule has 1 aliphatic rings. The first kappa shape index (κ1) is 15.9. The summed E-state index contributed by atoms with van der Waals surface area (Å²) in [6.07, 6.45) is 1.75. The molecule has 0 unspecified atom stereocenters. The Morgan fingerprint density at radius 1 is 1.13 bits per heavy atom. The van der Waals surface area contributed by atoms with Crippen molar-refractivity contribution in [1.29, 1.82) is 0 Å². The number of halogens is 2. The van der Waals surface area contributed by atoms with E-state index in [0.717, 1.165) is 16.8 Å². The van der Waals surface area contributed by atoms with E-state index in [0.29, 0.717) is 21.4 Å². The van der Waals surface area contributed by atoms with Gasteiger partial charge in [0.15, 0.2) is 5.75 Å². The number of para-hydroxylation sites is 1. The quantitative estimate of drug-likeness (QED) is 0.767. The lowest BCUT2D eigenvalue weighted by Gasteiger charge is -2.13. The number of hydrogen-bond donors (Lipinski definition) is 1. The van der Waals surface area contributed by atoms with Crippen LogP contribution < -0.4 is 10.1 Å². The minimum atomic E-state index is -0.138. The summed E-state index contributed by atoms with van der Waals surface area (Å²) in [5.41, 5.74) is 3.01. The van der Waals surface area contributed by atoms with Gasteiger partial charge in [-0.15, -0.1) is 0 Å². The van der Waals surface area contributed by atoms with E-state index >= 15 is 0 Å². The Kier molecular flexibility index (Phi) is 4.33. The summed E-state index contributed by atoms with van der Waals surface area (Å²) in [5, 5.41) is 3.68. The summed E-state index contributed by atoms with van der Waals surface area (Å²) >= 11 is 12.5. The van der Waals surface area contributed by atoms with Crippen LogP contribution in [-0.2, 0) is 4.79 Å². The topological polar surface area (TPSA) is 38.3 Å². The molecule has 0 saturated carbocycles. The highest BCUT2D eigenvalue weighted by Gasteiger charge is 2.23. The van der Waals surface area contributed by atoms with Gasteiger partial charge in [-0.2, -0.15) is 0 Å². The molecule has 3 nitrogen and oxygen atoms in total. The standard InChI is InChI=1S/C18H15Cl2NO2/c1-10(2)23-17-14(19)8-11(9-15(17)20)7-13-12-5-3-4-6-16(12)21-18(13)22/h3-10H,1-2H3,(H,21,22)/b13-7-. The van der Waals surface area contributed by atoms with Gasteiger partial charge in [0.25, 0.3) is 5.91 Å². The molecule has 0 fully saturated rings. The van der Waals surface area contributed by atoms with Crippen molar-refractivity contribution < 1.29 is 9.53 Å². The second-order valence-electron chi connectivity index (χ2n) is 5.54. The highest BCUT2D eigenvalue weighted by atomic mass is 35.5. The maximum atomic E-state index is 12.1. The van der Waals surface area contributed by atoms with Crippen molar-refractivity contribution >= 4 is 46.4 Å². The van der Waals surface area contributed by atoms with Gasteiger partial charge in [-0.05, 0) is 43.7 Å². The van der Waals surface area contributed by atoms with Crippen molar-refractivity contribution in [3.05, 3.63) is 57.6 Å². The minimum absolute atomic E-state index is 0.0262. The molecule has 0 aromatic heterocycles. The second kappa shape index (κ2) is 6.26. The van der Waals surface area contributed by atoms with Crippen LogP contribution in [0.2, 0.25) is 10.0 Å². The van der Waals surface area contributed by atoms with Gasteiger partial charge in [-0.25, -0.2) is 0 Å². The predicted molar refractivity (Wildman–Crippen MR) is 95.2 cm³/mol. The van der Waals surface area contributed by atoms with Crippen molar-refractivity contribution in [1.82, 2.24) is 0 Å². The number of amides is 1. The lowest BCUT2D eigenvalue weighted by Crippen LogP contribution is -2.06. The summed E-state index contributed by atoms with van der Waals surface area (Å²) in [5.74, 6) is 0.322. The van der Waals surface area contributed by atoms with E-state index in [9.17, 15) is 4.79 Å². The van der Waals surface area contributed by atoms with Crippen LogP contribution in [0.25, 0.3) is 11.6 Å². The summed E-state index contributed by atoms with van der Waals surface area (Å²) in [6.45, 7) is 3.81. The Labute approximate surface area is 144 Å². The maximum absolute atomic E-state index is 12.1. The third-order valence-corrected chi connectivity index (χ3v) is 3.96. The second-order valence-corrected chi connectivity index (χ2v) is 6.35. The molecule has 0 spiro atoms. The van der Waals surface area contributed by atoms with Gasteiger partial charge < -0.3 is 10.1 Å². The number of rotatable bonds is 3. The first-order chi connectivity index (χ1) is 11.0. The molecule has 1 amide bonds. The van der Waals surface area contributed by atoms with E-state index in [-0.39, 0.29) is 12.0 Å². The zero-order valence-electron chi connectivity index (χ0n) is 12.7. The largest absolute Gasteiger partial charge is 0.488 e. The Balaban J connectivity index is 2.02. The Bertz CT molecular complexity index is 789. The van der Waals surface area contributed by atoms with Gasteiger partial charge in [0, 0.05) is 16.8 Å². The third-order valence-electron chi connectivity index (χ3n) is 3.40. The fourth-order valence-electron chi connectivity index (χ4n) is 2.46. The number of benzene rings is 2. The first-order valence-corrected chi connectivity index (χ1v) is 7.99. The van der Waals surface area contributed by atoms with Crippen LogP contribution in [0.5, 0.6) is 5.75 Å².